The smallest absolute Gasteiger partial charge is 0.223 e. The monoisotopic (exact) mass is 372 g/mol. The van der Waals surface area contributed by atoms with Crippen LogP contribution in [-0.2, 0) is 9.59 Å². The first-order valence-electron chi connectivity index (χ1n) is 8.50. The van der Waals surface area contributed by atoms with Gasteiger partial charge in [-0.25, -0.2) is 0 Å². The molecule has 0 fully saturated rings. The third kappa shape index (κ3) is 6.66. The van der Waals surface area contributed by atoms with Crippen molar-refractivity contribution >= 4 is 23.2 Å². The number of carbonyl (C=O) groups excluding carboxylic acids is 2. The molecule has 0 spiro atoms. The zero-order chi connectivity index (χ0) is 20.6. The summed E-state index contributed by atoms with van der Waals surface area (Å²) >= 11 is 0. The Bertz CT molecular complexity index is 803. The lowest BCUT2D eigenvalue weighted by Gasteiger charge is -2.17. The van der Waals surface area contributed by atoms with E-state index in [1.807, 2.05) is 50.2 Å². The average Bonchev–Trinajstić information content (AvgIpc) is 2.62. The highest BCUT2D eigenvalue weighted by Gasteiger charge is 2.08. The second-order valence-corrected chi connectivity index (χ2v) is 6.09. The highest BCUT2D eigenvalue weighted by Crippen LogP contribution is 2.23. The van der Waals surface area contributed by atoms with Gasteiger partial charge in [-0.2, -0.15) is 0 Å². The van der Waals surface area contributed by atoms with Gasteiger partial charge in [0.25, 0.3) is 0 Å². The summed E-state index contributed by atoms with van der Waals surface area (Å²) < 4.78 is 10.1. The number of hydrogen-bond acceptors (Lipinski definition) is 4. The molecule has 2 amide bonds. The predicted molar refractivity (Wildman–Crippen MR) is 109 cm³/mol. The van der Waals surface area contributed by atoms with Crippen LogP contribution in [0.3, 0.4) is 0 Å². The molecule has 0 radical (unpaired) electrons. The first-order chi connectivity index (χ1) is 12.7. The number of methoxy groups -OCH3 is 2. The molecule has 6 nitrogen and oxygen atoms in total. The second-order valence-electron chi connectivity index (χ2n) is 6.09. The van der Waals surface area contributed by atoms with Crippen molar-refractivity contribution in [1.29, 1.82) is 0 Å². The number of nitrogens with zero attached hydrogens (tertiary/aromatic N) is 1. The number of benzene rings is 2. The summed E-state index contributed by atoms with van der Waals surface area (Å²) in [6.07, 6.45) is 0. The number of carbonyl (C=O) groups is 2. The van der Waals surface area contributed by atoms with Crippen molar-refractivity contribution < 1.29 is 19.1 Å². The van der Waals surface area contributed by atoms with Gasteiger partial charge in [-0.3, -0.25) is 9.59 Å². The van der Waals surface area contributed by atoms with E-state index in [9.17, 15) is 9.59 Å². The highest BCUT2D eigenvalue weighted by atomic mass is 16.5. The zero-order valence-electron chi connectivity index (χ0n) is 17.0. The molecule has 6 heteroatoms. The van der Waals surface area contributed by atoms with Crippen molar-refractivity contribution in [1.82, 2.24) is 0 Å². The first kappa shape index (κ1) is 22.0. The molecule has 0 heterocycles. The topological polar surface area (TPSA) is 67.9 Å². The first-order valence-corrected chi connectivity index (χ1v) is 8.50. The van der Waals surface area contributed by atoms with Crippen LogP contribution in [0.15, 0.2) is 36.4 Å². The van der Waals surface area contributed by atoms with Gasteiger partial charge in [0.15, 0.2) is 0 Å². The molecule has 2 aromatic carbocycles. The number of anilines is 2. The van der Waals surface area contributed by atoms with Gasteiger partial charge in [-0.05, 0) is 61.4 Å². The molecule has 2 aromatic rings. The van der Waals surface area contributed by atoms with Gasteiger partial charge in [-0.1, -0.05) is 0 Å². The Morgan fingerprint density at radius 3 is 1.81 bits per heavy atom. The van der Waals surface area contributed by atoms with Crippen LogP contribution in [0.1, 0.15) is 25.0 Å². The van der Waals surface area contributed by atoms with E-state index in [0.717, 1.165) is 34.0 Å². The van der Waals surface area contributed by atoms with Crippen molar-refractivity contribution in [3.63, 3.8) is 0 Å². The van der Waals surface area contributed by atoms with E-state index in [1.165, 1.54) is 6.92 Å². The standard InChI is InChI=1S/C11H15NO2.C10H13NO2/c1-8-7-10(14-4)5-6-11(8)12(3)9(2)13;1-7-6-9(13-3)4-5-10(7)11-8(2)12/h5-7H,1-4H3;4-6H,1-3H3,(H,11,12). The quantitative estimate of drug-likeness (QED) is 0.882. The zero-order valence-corrected chi connectivity index (χ0v) is 17.0. The fourth-order valence-electron chi connectivity index (χ4n) is 2.39. The molecule has 0 unspecified atom stereocenters. The largest absolute Gasteiger partial charge is 0.497 e. The number of ether oxygens (including phenoxy) is 2. The van der Waals surface area contributed by atoms with Crippen LogP contribution in [-0.4, -0.2) is 33.1 Å². The number of amides is 2. The molecular weight excluding hydrogens is 344 g/mol. The van der Waals surface area contributed by atoms with Crippen LogP contribution in [0.25, 0.3) is 0 Å². The average molecular weight is 372 g/mol. The molecule has 0 bridgehead atoms. The molecule has 0 saturated carbocycles. The van der Waals surface area contributed by atoms with Gasteiger partial charge in [0.1, 0.15) is 11.5 Å². The molecule has 1 N–H and O–H groups in total. The van der Waals surface area contributed by atoms with Gasteiger partial charge in [0, 0.05) is 32.3 Å². The highest BCUT2D eigenvalue weighted by molar-refractivity contribution is 5.91. The maximum absolute atomic E-state index is 11.1. The van der Waals surface area contributed by atoms with Crippen molar-refractivity contribution in [2.24, 2.45) is 0 Å². The number of aryl methyl sites for hydroxylation is 2. The van der Waals surface area contributed by atoms with Crippen molar-refractivity contribution in [2.45, 2.75) is 27.7 Å². The summed E-state index contributed by atoms with van der Waals surface area (Å²) in [5.74, 6) is 1.57. The summed E-state index contributed by atoms with van der Waals surface area (Å²) in [7, 11) is 5.01. The minimum Gasteiger partial charge on any atom is -0.497 e. The molecule has 27 heavy (non-hydrogen) atoms. The fourth-order valence-corrected chi connectivity index (χ4v) is 2.39. The SMILES string of the molecule is COc1ccc(N(C)C(C)=O)c(C)c1.COc1ccc(NC(C)=O)c(C)c1. The molecule has 0 aromatic heterocycles. The molecule has 0 saturated heterocycles. The van der Waals surface area contributed by atoms with E-state index < -0.39 is 0 Å². The second kappa shape index (κ2) is 10.2. The third-order valence-electron chi connectivity index (χ3n) is 3.98. The van der Waals surface area contributed by atoms with E-state index >= 15 is 0 Å². The Kier molecular flexibility index (Phi) is 8.33. The molecule has 2 rings (SSSR count). The van der Waals surface area contributed by atoms with Crippen molar-refractivity contribution in [3.8, 4) is 11.5 Å². The van der Waals surface area contributed by atoms with Gasteiger partial charge in [-0.15, -0.1) is 0 Å². The maximum Gasteiger partial charge on any atom is 0.223 e. The fraction of sp³-hybridized carbons (Fsp3) is 0.333. The third-order valence-corrected chi connectivity index (χ3v) is 3.98. The number of nitrogens with one attached hydrogen (secondary N) is 1. The molecule has 0 aliphatic heterocycles. The molecule has 0 atom stereocenters. The Hall–Kier alpha value is -3.02. The Labute approximate surface area is 161 Å². The van der Waals surface area contributed by atoms with Crippen LogP contribution in [0.4, 0.5) is 11.4 Å². The number of hydrogen-bond donors (Lipinski definition) is 1. The molecule has 0 aliphatic carbocycles. The van der Waals surface area contributed by atoms with E-state index in [2.05, 4.69) is 5.32 Å². The van der Waals surface area contributed by atoms with E-state index in [0.29, 0.717) is 0 Å². The summed E-state index contributed by atoms with van der Waals surface area (Å²) in [5, 5.41) is 2.73. The van der Waals surface area contributed by atoms with Gasteiger partial charge < -0.3 is 19.7 Å². The van der Waals surface area contributed by atoms with Crippen LogP contribution in [0, 0.1) is 13.8 Å². The van der Waals surface area contributed by atoms with Crippen molar-refractivity contribution in [2.75, 3.05) is 31.5 Å². The summed E-state index contributed by atoms with van der Waals surface area (Å²) in [5.41, 5.74) is 3.77. The maximum atomic E-state index is 11.1. The number of rotatable bonds is 4. The normalized spacial score (nSPS) is 9.59. The van der Waals surface area contributed by atoms with Gasteiger partial charge in [0.05, 0.1) is 14.2 Å². The minimum absolute atomic E-state index is 0.0262. The molecule has 0 aliphatic rings. The van der Waals surface area contributed by atoms with E-state index in [4.69, 9.17) is 9.47 Å². The summed E-state index contributed by atoms with van der Waals surface area (Å²) in [6.45, 7) is 6.92. The van der Waals surface area contributed by atoms with E-state index in [-0.39, 0.29) is 11.8 Å². The Balaban J connectivity index is 0.000000271. The van der Waals surface area contributed by atoms with Gasteiger partial charge in [0.2, 0.25) is 11.8 Å². The van der Waals surface area contributed by atoms with Crippen LogP contribution in [0.2, 0.25) is 0 Å². The molecular formula is C21H28N2O4. The summed E-state index contributed by atoms with van der Waals surface area (Å²) in [6, 6.07) is 11.2. The lowest BCUT2D eigenvalue weighted by molar-refractivity contribution is -0.116. The predicted octanol–water partition coefficient (Wildman–Crippen LogP) is 3.95. The van der Waals surface area contributed by atoms with Crippen LogP contribution in [0.5, 0.6) is 11.5 Å². The lowest BCUT2D eigenvalue weighted by atomic mass is 10.1. The van der Waals surface area contributed by atoms with E-state index in [1.54, 1.807) is 33.1 Å². The van der Waals surface area contributed by atoms with Crippen molar-refractivity contribution in [3.05, 3.63) is 47.5 Å². The Morgan fingerprint density at radius 2 is 1.41 bits per heavy atom. The Morgan fingerprint density at radius 1 is 0.889 bits per heavy atom. The summed E-state index contributed by atoms with van der Waals surface area (Å²) in [4.78, 5) is 23.5. The van der Waals surface area contributed by atoms with Crippen LogP contribution >= 0.6 is 0 Å². The lowest BCUT2D eigenvalue weighted by Crippen LogP contribution is -2.23. The van der Waals surface area contributed by atoms with Gasteiger partial charge >= 0.3 is 0 Å². The minimum atomic E-state index is -0.0618. The van der Waals surface area contributed by atoms with Crippen LogP contribution < -0.4 is 19.7 Å². The molecule has 146 valence electrons.